The summed E-state index contributed by atoms with van der Waals surface area (Å²) in [5.41, 5.74) is 6.09. The Morgan fingerprint density at radius 2 is 2.16 bits per heavy atom. The predicted octanol–water partition coefficient (Wildman–Crippen LogP) is 1.24. The number of thiocarbonyl (C=S) groups is 1. The van der Waals surface area contributed by atoms with Crippen molar-refractivity contribution in [2.75, 3.05) is 32.6 Å². The van der Waals surface area contributed by atoms with Crippen molar-refractivity contribution in [3.63, 3.8) is 0 Å². The first-order valence-corrected chi connectivity index (χ1v) is 6.33. The van der Waals surface area contributed by atoms with Crippen LogP contribution < -0.4 is 15.8 Å². The van der Waals surface area contributed by atoms with Gasteiger partial charge in [0.05, 0.1) is 24.3 Å². The Balaban J connectivity index is 2.48. The summed E-state index contributed by atoms with van der Waals surface area (Å²) < 4.78 is 5.17. The Morgan fingerprint density at radius 1 is 1.47 bits per heavy atom. The van der Waals surface area contributed by atoms with Crippen LogP contribution in [0.4, 0.5) is 5.69 Å². The largest absolute Gasteiger partial charge is 0.495 e. The summed E-state index contributed by atoms with van der Waals surface area (Å²) >= 11 is 4.80. The van der Waals surface area contributed by atoms with E-state index >= 15 is 0 Å². The summed E-state index contributed by atoms with van der Waals surface area (Å²) in [4.78, 5) is 14.2. The van der Waals surface area contributed by atoms with E-state index in [1.807, 2.05) is 24.1 Å². The topological polar surface area (TPSA) is 67.6 Å². The van der Waals surface area contributed by atoms with E-state index < -0.39 is 0 Å². The molecule has 0 fully saturated rings. The van der Waals surface area contributed by atoms with Gasteiger partial charge in [-0.05, 0) is 19.2 Å². The molecule has 0 aromatic heterocycles. The number of methoxy groups -OCH3 is 1. The number of nitrogens with one attached hydrogen (secondary N) is 1. The maximum Gasteiger partial charge on any atom is 0.238 e. The fourth-order valence-corrected chi connectivity index (χ4v) is 1.65. The number of rotatable bonds is 7. The fraction of sp³-hybridized carbons (Fsp3) is 0.385. The number of hydrogen-bond donors (Lipinski definition) is 2. The molecule has 104 valence electrons. The second-order valence-corrected chi connectivity index (χ2v) is 4.73. The molecule has 1 aromatic carbocycles. The van der Waals surface area contributed by atoms with Crippen molar-refractivity contribution >= 4 is 28.8 Å². The van der Waals surface area contributed by atoms with Crippen LogP contribution in [-0.2, 0) is 4.79 Å². The summed E-state index contributed by atoms with van der Waals surface area (Å²) in [6, 6.07) is 7.29. The fourth-order valence-electron chi connectivity index (χ4n) is 1.56. The second kappa shape index (κ2) is 7.70. The van der Waals surface area contributed by atoms with Crippen LogP contribution in [0.3, 0.4) is 0 Å². The summed E-state index contributed by atoms with van der Waals surface area (Å²) in [6.07, 6.45) is 0.605. The monoisotopic (exact) mass is 281 g/mol. The molecule has 1 rings (SSSR count). The van der Waals surface area contributed by atoms with Gasteiger partial charge in [0, 0.05) is 13.0 Å². The molecular weight excluding hydrogens is 262 g/mol. The lowest BCUT2D eigenvalue weighted by molar-refractivity contribution is -0.117. The smallest absolute Gasteiger partial charge is 0.238 e. The van der Waals surface area contributed by atoms with Gasteiger partial charge in [-0.3, -0.25) is 9.69 Å². The Labute approximate surface area is 118 Å². The van der Waals surface area contributed by atoms with Crippen molar-refractivity contribution in [2.45, 2.75) is 6.42 Å². The van der Waals surface area contributed by atoms with Gasteiger partial charge in [-0.1, -0.05) is 24.4 Å². The number of ether oxygens (including phenoxy) is 1. The lowest BCUT2D eigenvalue weighted by Gasteiger charge is -2.16. The van der Waals surface area contributed by atoms with Crippen LogP contribution in [0.5, 0.6) is 5.75 Å². The minimum atomic E-state index is -0.102. The first-order valence-electron chi connectivity index (χ1n) is 5.92. The van der Waals surface area contributed by atoms with E-state index in [9.17, 15) is 4.79 Å². The molecule has 0 saturated carbocycles. The molecule has 0 bridgehead atoms. The molecule has 0 aliphatic carbocycles. The Kier molecular flexibility index (Phi) is 6.24. The minimum Gasteiger partial charge on any atom is -0.495 e. The SMILES string of the molecule is COc1ccccc1NC(=O)CN(C)CCC(N)=S. The Morgan fingerprint density at radius 3 is 2.79 bits per heavy atom. The number of likely N-dealkylation sites (N-methyl/N-ethyl adjacent to an activating group) is 1. The van der Waals surface area contributed by atoms with Crippen molar-refractivity contribution in [2.24, 2.45) is 5.73 Å². The molecule has 0 atom stereocenters. The quantitative estimate of drug-likeness (QED) is 0.736. The van der Waals surface area contributed by atoms with E-state index in [1.54, 1.807) is 19.2 Å². The van der Waals surface area contributed by atoms with E-state index in [0.717, 1.165) is 0 Å². The minimum absolute atomic E-state index is 0.102. The summed E-state index contributed by atoms with van der Waals surface area (Å²) in [7, 11) is 3.42. The third-order valence-electron chi connectivity index (χ3n) is 2.53. The third kappa shape index (κ3) is 5.67. The van der Waals surface area contributed by atoms with Crippen LogP contribution >= 0.6 is 12.2 Å². The van der Waals surface area contributed by atoms with Gasteiger partial charge < -0.3 is 15.8 Å². The number of carbonyl (C=O) groups excluding carboxylic acids is 1. The van der Waals surface area contributed by atoms with Gasteiger partial charge in [0.15, 0.2) is 0 Å². The van der Waals surface area contributed by atoms with Crippen LogP contribution in [0.15, 0.2) is 24.3 Å². The lowest BCUT2D eigenvalue weighted by Crippen LogP contribution is -2.32. The summed E-state index contributed by atoms with van der Waals surface area (Å²) in [5, 5.41) is 2.81. The van der Waals surface area contributed by atoms with Crippen LogP contribution in [0.1, 0.15) is 6.42 Å². The molecule has 0 radical (unpaired) electrons. The molecule has 1 aromatic rings. The highest BCUT2D eigenvalue weighted by Crippen LogP contribution is 2.22. The average molecular weight is 281 g/mol. The third-order valence-corrected chi connectivity index (χ3v) is 2.74. The number of hydrogen-bond acceptors (Lipinski definition) is 4. The maximum absolute atomic E-state index is 11.9. The highest BCUT2D eigenvalue weighted by Gasteiger charge is 2.09. The van der Waals surface area contributed by atoms with Crippen molar-refractivity contribution in [1.82, 2.24) is 4.90 Å². The molecule has 5 nitrogen and oxygen atoms in total. The summed E-state index contributed by atoms with van der Waals surface area (Å²) in [6.45, 7) is 0.940. The molecule has 3 N–H and O–H groups in total. The van der Waals surface area contributed by atoms with Crippen molar-refractivity contribution in [3.8, 4) is 5.75 Å². The molecule has 0 aliphatic heterocycles. The molecule has 0 spiro atoms. The molecule has 6 heteroatoms. The highest BCUT2D eigenvalue weighted by molar-refractivity contribution is 7.80. The van der Waals surface area contributed by atoms with Gasteiger partial charge in [0.1, 0.15) is 5.75 Å². The summed E-state index contributed by atoms with van der Waals surface area (Å²) in [5.74, 6) is 0.538. The van der Waals surface area contributed by atoms with E-state index in [-0.39, 0.29) is 12.5 Å². The lowest BCUT2D eigenvalue weighted by atomic mass is 10.3. The number of amides is 1. The zero-order valence-electron chi connectivity index (χ0n) is 11.2. The predicted molar refractivity (Wildman–Crippen MR) is 80.5 cm³/mol. The standard InChI is InChI=1S/C13H19N3O2S/c1-16(8-7-12(14)19)9-13(17)15-10-5-3-4-6-11(10)18-2/h3-6H,7-9H2,1-2H3,(H2,14,19)(H,15,17). The molecular formula is C13H19N3O2S. The number of nitrogens with two attached hydrogens (primary N) is 1. The zero-order valence-corrected chi connectivity index (χ0v) is 12.0. The zero-order chi connectivity index (χ0) is 14.3. The van der Waals surface area contributed by atoms with Crippen molar-refractivity contribution < 1.29 is 9.53 Å². The van der Waals surface area contributed by atoms with E-state index in [0.29, 0.717) is 29.4 Å². The van der Waals surface area contributed by atoms with Gasteiger partial charge >= 0.3 is 0 Å². The molecule has 0 heterocycles. The molecule has 0 unspecified atom stereocenters. The molecule has 19 heavy (non-hydrogen) atoms. The van der Waals surface area contributed by atoms with Gasteiger partial charge in [0.2, 0.25) is 5.91 Å². The van der Waals surface area contributed by atoms with Gasteiger partial charge in [0.25, 0.3) is 0 Å². The number of carbonyl (C=O) groups is 1. The first kappa shape index (κ1) is 15.4. The van der Waals surface area contributed by atoms with Crippen LogP contribution in [0.2, 0.25) is 0 Å². The van der Waals surface area contributed by atoms with Crippen LogP contribution in [-0.4, -0.2) is 43.0 Å². The Hall–Kier alpha value is -1.66. The van der Waals surface area contributed by atoms with E-state index in [1.165, 1.54) is 0 Å². The molecule has 1 amide bonds. The van der Waals surface area contributed by atoms with Gasteiger partial charge in [-0.15, -0.1) is 0 Å². The highest BCUT2D eigenvalue weighted by atomic mass is 32.1. The molecule has 0 saturated heterocycles. The van der Waals surface area contributed by atoms with Crippen molar-refractivity contribution in [3.05, 3.63) is 24.3 Å². The van der Waals surface area contributed by atoms with Gasteiger partial charge in [-0.2, -0.15) is 0 Å². The van der Waals surface area contributed by atoms with E-state index in [2.05, 4.69) is 5.32 Å². The average Bonchev–Trinajstić information content (AvgIpc) is 2.37. The van der Waals surface area contributed by atoms with Crippen molar-refractivity contribution in [1.29, 1.82) is 0 Å². The number of para-hydroxylation sites is 2. The van der Waals surface area contributed by atoms with Crippen LogP contribution in [0, 0.1) is 0 Å². The number of nitrogens with zero attached hydrogens (tertiary/aromatic N) is 1. The second-order valence-electron chi connectivity index (χ2n) is 4.20. The van der Waals surface area contributed by atoms with E-state index in [4.69, 9.17) is 22.7 Å². The Bertz CT molecular complexity index is 451. The normalized spacial score (nSPS) is 10.3. The van der Waals surface area contributed by atoms with Gasteiger partial charge in [-0.25, -0.2) is 0 Å². The first-order chi connectivity index (χ1) is 9.02. The maximum atomic E-state index is 11.9. The molecule has 0 aliphatic rings. The number of anilines is 1. The number of benzene rings is 1. The van der Waals surface area contributed by atoms with Crippen LogP contribution in [0.25, 0.3) is 0 Å².